The Labute approximate surface area is 152 Å². The van der Waals surface area contributed by atoms with Gasteiger partial charge in [-0.15, -0.1) is 0 Å². The number of hydrogen-bond acceptors (Lipinski definition) is 4. The van der Waals surface area contributed by atoms with E-state index in [0.717, 1.165) is 11.1 Å². The predicted octanol–water partition coefficient (Wildman–Crippen LogP) is 5.08. The number of rotatable bonds is 2. The minimum absolute atomic E-state index is 0.213. The molecule has 134 valence electrons. The van der Waals surface area contributed by atoms with Crippen molar-refractivity contribution in [2.45, 2.75) is 27.7 Å². The second-order valence-corrected chi connectivity index (χ2v) is 6.78. The van der Waals surface area contributed by atoms with Crippen molar-refractivity contribution in [1.82, 2.24) is 0 Å². The van der Waals surface area contributed by atoms with E-state index >= 15 is 0 Å². The third kappa shape index (κ3) is 2.84. The third-order valence-electron chi connectivity index (χ3n) is 4.76. The van der Waals surface area contributed by atoms with Gasteiger partial charge in [-0.1, -0.05) is 0 Å². The molecule has 0 unspecified atom stereocenters. The number of hydrogen-bond donors (Lipinski definition) is 4. The molecule has 0 bridgehead atoms. The van der Waals surface area contributed by atoms with Gasteiger partial charge < -0.3 is 20.4 Å². The first-order valence-electron chi connectivity index (χ1n) is 8.36. The summed E-state index contributed by atoms with van der Waals surface area (Å²) in [7, 11) is 0. The predicted molar refractivity (Wildman–Crippen MR) is 103 cm³/mol. The minimum Gasteiger partial charge on any atom is -0.507 e. The van der Waals surface area contributed by atoms with Crippen LogP contribution < -0.4 is 0 Å². The van der Waals surface area contributed by atoms with E-state index in [1.54, 1.807) is 64.1 Å². The van der Waals surface area contributed by atoms with Gasteiger partial charge in [-0.05, 0) is 97.5 Å². The van der Waals surface area contributed by atoms with E-state index in [0.29, 0.717) is 33.4 Å². The summed E-state index contributed by atoms with van der Waals surface area (Å²) in [6.45, 7) is 7.16. The number of phenolic OH excluding ortho intramolecular Hbond substituents is 4. The monoisotopic (exact) mass is 350 g/mol. The van der Waals surface area contributed by atoms with Crippen LogP contribution in [0.15, 0.2) is 36.4 Å². The average Bonchev–Trinajstić information content (AvgIpc) is 2.59. The molecular weight excluding hydrogens is 328 g/mol. The lowest BCUT2D eigenvalue weighted by molar-refractivity contribution is 0.406. The van der Waals surface area contributed by atoms with Gasteiger partial charge in [0, 0.05) is 11.1 Å². The van der Waals surface area contributed by atoms with Crippen LogP contribution in [0.1, 0.15) is 22.3 Å². The van der Waals surface area contributed by atoms with E-state index in [1.165, 1.54) is 0 Å². The van der Waals surface area contributed by atoms with Gasteiger partial charge in [0.05, 0.1) is 0 Å². The van der Waals surface area contributed by atoms with Crippen LogP contribution >= 0.6 is 0 Å². The smallest absolute Gasteiger partial charge is 0.166 e. The Balaban J connectivity index is 2.16. The molecule has 0 heterocycles. The van der Waals surface area contributed by atoms with Crippen LogP contribution in [0.4, 0.5) is 0 Å². The number of aryl methyl sites for hydroxylation is 4. The van der Waals surface area contributed by atoms with Crippen LogP contribution in [0.25, 0.3) is 22.3 Å². The van der Waals surface area contributed by atoms with Crippen LogP contribution in [-0.2, 0) is 0 Å². The molecule has 3 aromatic rings. The second-order valence-electron chi connectivity index (χ2n) is 6.78. The van der Waals surface area contributed by atoms with Crippen LogP contribution in [0.2, 0.25) is 0 Å². The van der Waals surface area contributed by atoms with Gasteiger partial charge in [0.25, 0.3) is 0 Å². The quantitative estimate of drug-likeness (QED) is 0.486. The highest BCUT2D eigenvalue weighted by Crippen LogP contribution is 2.45. The van der Waals surface area contributed by atoms with Crippen LogP contribution in [0.5, 0.6) is 23.0 Å². The van der Waals surface area contributed by atoms with Crippen LogP contribution in [0, 0.1) is 27.7 Å². The summed E-state index contributed by atoms with van der Waals surface area (Å²) >= 11 is 0. The molecule has 4 nitrogen and oxygen atoms in total. The third-order valence-corrected chi connectivity index (χ3v) is 4.76. The molecule has 0 atom stereocenters. The molecule has 0 aromatic heterocycles. The zero-order valence-corrected chi connectivity index (χ0v) is 15.3. The SMILES string of the molecule is Cc1cc(-c2ccc(-c3cc(C)c(O)c(C)c3)c(O)c2O)cc(C)c1O. The molecule has 0 aliphatic carbocycles. The van der Waals surface area contributed by atoms with Gasteiger partial charge in [0.15, 0.2) is 11.5 Å². The minimum atomic E-state index is -0.213. The maximum absolute atomic E-state index is 10.6. The lowest BCUT2D eigenvalue weighted by Crippen LogP contribution is -1.89. The Kier molecular flexibility index (Phi) is 4.28. The first-order valence-corrected chi connectivity index (χ1v) is 8.36. The summed E-state index contributed by atoms with van der Waals surface area (Å²) in [6.07, 6.45) is 0. The highest BCUT2D eigenvalue weighted by molar-refractivity contribution is 5.83. The maximum atomic E-state index is 10.6. The van der Waals surface area contributed by atoms with Gasteiger partial charge in [-0.3, -0.25) is 0 Å². The Bertz CT molecular complexity index is 890. The molecule has 0 fully saturated rings. The number of aromatic hydroxyl groups is 4. The maximum Gasteiger partial charge on any atom is 0.166 e. The fraction of sp³-hybridized carbons (Fsp3) is 0.182. The van der Waals surface area contributed by atoms with E-state index in [1.807, 2.05) is 0 Å². The Morgan fingerprint density at radius 2 is 0.731 bits per heavy atom. The molecule has 0 spiro atoms. The van der Waals surface area contributed by atoms with Crippen LogP contribution in [0.3, 0.4) is 0 Å². The van der Waals surface area contributed by atoms with Crippen molar-refractivity contribution in [3.05, 3.63) is 58.7 Å². The fourth-order valence-electron chi connectivity index (χ4n) is 3.27. The highest BCUT2D eigenvalue weighted by Gasteiger charge is 2.17. The van der Waals surface area contributed by atoms with Crippen molar-refractivity contribution < 1.29 is 20.4 Å². The first-order chi connectivity index (χ1) is 12.2. The van der Waals surface area contributed by atoms with Crippen LogP contribution in [-0.4, -0.2) is 20.4 Å². The van der Waals surface area contributed by atoms with Gasteiger partial charge in [-0.2, -0.15) is 0 Å². The highest BCUT2D eigenvalue weighted by atomic mass is 16.3. The van der Waals surface area contributed by atoms with Gasteiger partial charge in [0.1, 0.15) is 11.5 Å². The molecule has 3 rings (SSSR count). The number of benzene rings is 3. The van der Waals surface area contributed by atoms with E-state index in [2.05, 4.69) is 0 Å². The summed E-state index contributed by atoms with van der Waals surface area (Å²) in [4.78, 5) is 0. The summed E-state index contributed by atoms with van der Waals surface area (Å²) < 4.78 is 0. The first kappa shape index (κ1) is 17.7. The summed E-state index contributed by atoms with van der Waals surface area (Å²) in [5.41, 5.74) is 5.22. The fourth-order valence-corrected chi connectivity index (χ4v) is 3.27. The van der Waals surface area contributed by atoms with Gasteiger partial charge in [0.2, 0.25) is 0 Å². The number of phenols is 4. The normalized spacial score (nSPS) is 10.9. The Morgan fingerprint density at radius 1 is 0.462 bits per heavy atom. The molecule has 26 heavy (non-hydrogen) atoms. The zero-order chi connectivity index (χ0) is 19.2. The van der Waals surface area contributed by atoms with Crippen molar-refractivity contribution in [1.29, 1.82) is 0 Å². The van der Waals surface area contributed by atoms with E-state index in [4.69, 9.17) is 0 Å². The standard InChI is InChI=1S/C22H22O4/c1-11-7-15(8-12(2)19(11)23)17-5-6-18(22(26)21(17)25)16-9-13(3)20(24)14(4)10-16/h5-10,23-26H,1-4H3. The second kappa shape index (κ2) is 6.30. The summed E-state index contributed by atoms with van der Waals surface area (Å²) in [5.74, 6) is 0.0268. The zero-order valence-electron chi connectivity index (χ0n) is 15.3. The Morgan fingerprint density at radius 3 is 1.00 bits per heavy atom. The lowest BCUT2D eigenvalue weighted by atomic mass is 9.94. The topological polar surface area (TPSA) is 80.9 Å². The van der Waals surface area contributed by atoms with Crippen molar-refractivity contribution >= 4 is 0 Å². The molecule has 4 heteroatoms. The molecule has 3 aromatic carbocycles. The largest absolute Gasteiger partial charge is 0.507 e. The van der Waals surface area contributed by atoms with E-state index < -0.39 is 0 Å². The van der Waals surface area contributed by atoms with Crippen molar-refractivity contribution in [3.63, 3.8) is 0 Å². The van der Waals surface area contributed by atoms with Gasteiger partial charge >= 0.3 is 0 Å². The average molecular weight is 350 g/mol. The summed E-state index contributed by atoms with van der Waals surface area (Å²) in [6, 6.07) is 10.6. The van der Waals surface area contributed by atoms with Crippen molar-refractivity contribution in [2.24, 2.45) is 0 Å². The van der Waals surface area contributed by atoms with E-state index in [9.17, 15) is 20.4 Å². The molecule has 0 saturated carbocycles. The molecule has 4 N–H and O–H groups in total. The molecule has 0 saturated heterocycles. The molecular formula is C22H22O4. The van der Waals surface area contributed by atoms with Crippen molar-refractivity contribution in [3.8, 4) is 45.3 Å². The molecule has 0 radical (unpaired) electrons. The van der Waals surface area contributed by atoms with Crippen molar-refractivity contribution in [2.75, 3.05) is 0 Å². The Hall–Kier alpha value is -3.14. The summed E-state index contributed by atoms with van der Waals surface area (Å²) in [5, 5.41) is 41.0. The van der Waals surface area contributed by atoms with E-state index in [-0.39, 0.29) is 23.0 Å². The molecule has 0 amide bonds. The lowest BCUT2D eigenvalue weighted by Gasteiger charge is -2.14. The molecule has 0 aliphatic heterocycles. The molecule has 0 aliphatic rings. The van der Waals surface area contributed by atoms with Gasteiger partial charge in [-0.25, -0.2) is 0 Å².